The van der Waals surface area contributed by atoms with Crippen molar-refractivity contribution >= 4 is 11.0 Å². The van der Waals surface area contributed by atoms with Crippen molar-refractivity contribution in [1.82, 2.24) is 15.0 Å². The van der Waals surface area contributed by atoms with E-state index in [1.165, 1.54) is 0 Å². The molecule has 0 aliphatic rings. The quantitative estimate of drug-likeness (QED) is 0.655. The number of benzene rings is 1. The average Bonchev–Trinajstić information content (AvgIpc) is 2.84. The van der Waals surface area contributed by atoms with Crippen LogP contribution in [0.25, 0.3) is 22.4 Å². The molecule has 0 saturated carbocycles. The van der Waals surface area contributed by atoms with Gasteiger partial charge in [0.1, 0.15) is 11.6 Å². The molecular weight excluding hydrogens is 242 g/mol. The molecule has 19 heavy (non-hydrogen) atoms. The fourth-order valence-electron chi connectivity index (χ4n) is 2.09. The molecule has 0 saturated heterocycles. The first-order valence-corrected chi connectivity index (χ1v) is 5.94. The van der Waals surface area contributed by atoms with E-state index in [1.54, 1.807) is 13.1 Å². The van der Waals surface area contributed by atoms with E-state index >= 15 is 0 Å². The highest BCUT2D eigenvalue weighted by atomic mass is 16.3. The monoisotopic (exact) mass is 255 g/mol. The zero-order valence-corrected chi connectivity index (χ0v) is 10.4. The lowest BCUT2D eigenvalue weighted by Gasteiger charge is -2.08. The maximum absolute atomic E-state index is 10.2. The summed E-state index contributed by atoms with van der Waals surface area (Å²) in [6.45, 7) is 1.51. The van der Waals surface area contributed by atoms with Crippen LogP contribution in [0, 0.1) is 6.92 Å². The molecular formula is C14H13N3O2. The van der Waals surface area contributed by atoms with Gasteiger partial charge in [0, 0.05) is 11.8 Å². The zero-order chi connectivity index (χ0) is 13.4. The number of pyridine rings is 1. The van der Waals surface area contributed by atoms with Gasteiger partial charge in [-0.05, 0) is 19.1 Å². The predicted molar refractivity (Wildman–Crippen MR) is 71.6 cm³/mol. The van der Waals surface area contributed by atoms with Gasteiger partial charge in [0.05, 0.1) is 28.9 Å². The summed E-state index contributed by atoms with van der Waals surface area (Å²) in [5.74, 6) is 0.582. The van der Waals surface area contributed by atoms with Gasteiger partial charge in [-0.25, -0.2) is 4.98 Å². The van der Waals surface area contributed by atoms with E-state index in [4.69, 9.17) is 0 Å². The lowest BCUT2D eigenvalue weighted by atomic mass is 10.1. The number of fused-ring (bicyclic) bond motifs is 1. The first kappa shape index (κ1) is 11.7. The van der Waals surface area contributed by atoms with E-state index in [1.807, 2.05) is 24.3 Å². The van der Waals surface area contributed by atoms with Crippen LogP contribution in [-0.4, -0.2) is 25.2 Å². The van der Waals surface area contributed by atoms with Gasteiger partial charge < -0.3 is 15.2 Å². The fourth-order valence-corrected chi connectivity index (χ4v) is 2.09. The molecule has 0 aliphatic heterocycles. The molecule has 2 aromatic heterocycles. The predicted octanol–water partition coefficient (Wildman–Crippen LogP) is 2.13. The number of rotatable bonds is 2. The van der Waals surface area contributed by atoms with Crippen LogP contribution in [0.1, 0.15) is 11.3 Å². The van der Waals surface area contributed by atoms with E-state index in [9.17, 15) is 10.2 Å². The van der Waals surface area contributed by atoms with Gasteiger partial charge in [-0.1, -0.05) is 12.1 Å². The van der Waals surface area contributed by atoms with Gasteiger partial charge in [0.2, 0.25) is 0 Å². The Balaban J connectivity index is 2.28. The van der Waals surface area contributed by atoms with Gasteiger partial charge in [0.15, 0.2) is 0 Å². The Morgan fingerprint density at radius 3 is 2.79 bits per heavy atom. The number of imidazole rings is 1. The van der Waals surface area contributed by atoms with Crippen molar-refractivity contribution in [2.24, 2.45) is 0 Å². The van der Waals surface area contributed by atoms with Crippen molar-refractivity contribution in [3.8, 4) is 17.1 Å². The van der Waals surface area contributed by atoms with Gasteiger partial charge in [0.25, 0.3) is 0 Å². The summed E-state index contributed by atoms with van der Waals surface area (Å²) in [6.07, 6.45) is 1.55. The Hall–Kier alpha value is -2.40. The summed E-state index contributed by atoms with van der Waals surface area (Å²) >= 11 is 0. The van der Waals surface area contributed by atoms with Gasteiger partial charge in [-0.15, -0.1) is 0 Å². The van der Waals surface area contributed by atoms with Crippen molar-refractivity contribution in [3.63, 3.8) is 0 Å². The lowest BCUT2D eigenvalue weighted by molar-refractivity contribution is 0.281. The van der Waals surface area contributed by atoms with Gasteiger partial charge in [-0.2, -0.15) is 0 Å². The van der Waals surface area contributed by atoms with Crippen LogP contribution in [0.4, 0.5) is 0 Å². The van der Waals surface area contributed by atoms with Crippen LogP contribution in [0.15, 0.2) is 30.5 Å². The largest absolute Gasteiger partial charge is 0.505 e. The number of aromatic nitrogens is 3. The molecule has 5 heteroatoms. The molecule has 1 aromatic carbocycles. The summed E-state index contributed by atoms with van der Waals surface area (Å²) in [6, 6.07) is 7.61. The summed E-state index contributed by atoms with van der Waals surface area (Å²) in [7, 11) is 0. The second-order valence-corrected chi connectivity index (χ2v) is 4.35. The highest BCUT2D eigenvalue weighted by Crippen LogP contribution is 2.33. The summed E-state index contributed by atoms with van der Waals surface area (Å²) in [4.78, 5) is 11.6. The highest BCUT2D eigenvalue weighted by molar-refractivity contribution is 5.81. The average molecular weight is 255 g/mol. The second kappa shape index (κ2) is 4.37. The standard InChI is InChI=1S/C14H13N3O2/c1-8-13(19)12(9(7-18)6-15-8)14-16-10-4-2-3-5-11(10)17-14/h2-6,18-19H,7H2,1H3,(H,16,17). The van der Waals surface area contributed by atoms with Crippen molar-refractivity contribution < 1.29 is 10.2 Å². The van der Waals surface area contributed by atoms with Crippen molar-refractivity contribution in [3.05, 3.63) is 41.7 Å². The summed E-state index contributed by atoms with van der Waals surface area (Å²) in [5, 5.41) is 19.5. The lowest BCUT2D eigenvalue weighted by Crippen LogP contribution is -1.96. The van der Waals surface area contributed by atoms with E-state index in [-0.39, 0.29) is 12.4 Å². The number of nitrogens with one attached hydrogen (secondary N) is 1. The third-order valence-corrected chi connectivity index (χ3v) is 3.11. The molecule has 3 rings (SSSR count). The third kappa shape index (κ3) is 1.84. The minimum Gasteiger partial charge on any atom is -0.505 e. The molecule has 0 radical (unpaired) electrons. The number of aromatic amines is 1. The van der Waals surface area contributed by atoms with E-state index in [2.05, 4.69) is 15.0 Å². The molecule has 0 amide bonds. The second-order valence-electron chi connectivity index (χ2n) is 4.35. The van der Waals surface area contributed by atoms with Crippen LogP contribution in [0.3, 0.4) is 0 Å². The smallest absolute Gasteiger partial charge is 0.148 e. The topological polar surface area (TPSA) is 82.0 Å². The number of aliphatic hydroxyl groups is 1. The van der Waals surface area contributed by atoms with Crippen LogP contribution >= 0.6 is 0 Å². The SMILES string of the molecule is Cc1ncc(CO)c(-c2nc3ccccc3[nH]2)c1O. The molecule has 3 aromatic rings. The van der Waals surface area contributed by atoms with Gasteiger partial charge in [-0.3, -0.25) is 4.98 Å². The molecule has 0 atom stereocenters. The number of hydrogen-bond donors (Lipinski definition) is 3. The van der Waals surface area contributed by atoms with E-state index < -0.39 is 0 Å². The highest BCUT2D eigenvalue weighted by Gasteiger charge is 2.16. The molecule has 96 valence electrons. The number of nitrogens with zero attached hydrogens (tertiary/aromatic N) is 2. The van der Waals surface area contributed by atoms with Gasteiger partial charge >= 0.3 is 0 Å². The van der Waals surface area contributed by atoms with Crippen LogP contribution < -0.4 is 0 Å². The molecule has 0 bridgehead atoms. The number of para-hydroxylation sites is 2. The van der Waals surface area contributed by atoms with Crippen molar-refractivity contribution in [2.75, 3.05) is 0 Å². The number of aromatic hydroxyl groups is 1. The Morgan fingerprint density at radius 2 is 2.05 bits per heavy atom. The molecule has 0 fully saturated rings. The maximum atomic E-state index is 10.2. The Morgan fingerprint density at radius 1 is 1.26 bits per heavy atom. The number of hydrogen-bond acceptors (Lipinski definition) is 4. The first-order chi connectivity index (χ1) is 9.20. The Labute approximate surface area is 109 Å². The van der Waals surface area contributed by atoms with Crippen molar-refractivity contribution in [1.29, 1.82) is 0 Å². The molecule has 0 unspecified atom stereocenters. The summed E-state index contributed by atoms with van der Waals surface area (Å²) in [5.41, 5.74) is 3.26. The number of aryl methyl sites for hydroxylation is 1. The molecule has 3 N–H and O–H groups in total. The Bertz CT molecular complexity index is 717. The van der Waals surface area contributed by atoms with E-state index in [0.717, 1.165) is 11.0 Å². The number of H-pyrrole nitrogens is 1. The van der Waals surface area contributed by atoms with Crippen LogP contribution in [0.2, 0.25) is 0 Å². The normalized spacial score (nSPS) is 11.1. The molecule has 0 spiro atoms. The zero-order valence-electron chi connectivity index (χ0n) is 10.4. The first-order valence-electron chi connectivity index (χ1n) is 5.94. The molecule has 2 heterocycles. The Kier molecular flexibility index (Phi) is 2.68. The fraction of sp³-hybridized carbons (Fsp3) is 0.143. The molecule has 0 aliphatic carbocycles. The minimum absolute atomic E-state index is 0.0469. The summed E-state index contributed by atoms with van der Waals surface area (Å²) < 4.78 is 0. The molecule has 5 nitrogen and oxygen atoms in total. The van der Waals surface area contributed by atoms with Crippen molar-refractivity contribution in [2.45, 2.75) is 13.5 Å². The minimum atomic E-state index is -0.201. The third-order valence-electron chi connectivity index (χ3n) is 3.11. The van der Waals surface area contributed by atoms with E-state index in [0.29, 0.717) is 22.6 Å². The van der Waals surface area contributed by atoms with Crippen LogP contribution in [0.5, 0.6) is 5.75 Å². The van der Waals surface area contributed by atoms with Crippen LogP contribution in [-0.2, 0) is 6.61 Å². The maximum Gasteiger partial charge on any atom is 0.148 e. The number of aliphatic hydroxyl groups excluding tert-OH is 1.